The molecule has 1 aromatic heterocycles. The number of nitrogens with zero attached hydrogens (tertiary/aromatic N) is 3. The molecule has 1 heterocycles. The average Bonchev–Trinajstić information content (AvgIpc) is 3.15. The van der Waals surface area contributed by atoms with Crippen LogP contribution in [0.5, 0.6) is 0 Å². The minimum atomic E-state index is -0.290. The first kappa shape index (κ1) is 20.1. The maximum atomic E-state index is 13.1. The number of benzene rings is 1. The number of likely N-dealkylation sites (N-methyl/N-ethyl adjacent to an activating group) is 1. The van der Waals surface area contributed by atoms with Gasteiger partial charge in [-0.2, -0.15) is 0 Å². The van der Waals surface area contributed by atoms with E-state index in [-0.39, 0.29) is 11.2 Å². The Morgan fingerprint density at radius 1 is 1.19 bits per heavy atom. The van der Waals surface area contributed by atoms with Gasteiger partial charge in [-0.1, -0.05) is 72.7 Å². The van der Waals surface area contributed by atoms with Crippen molar-refractivity contribution in [1.82, 2.24) is 15.1 Å². The molecule has 5 nitrogen and oxygen atoms in total. The first-order chi connectivity index (χ1) is 13.2. The van der Waals surface area contributed by atoms with E-state index in [1.54, 1.807) is 11.3 Å². The minimum Gasteiger partial charge on any atom is -0.357 e. The van der Waals surface area contributed by atoms with E-state index in [4.69, 9.17) is 0 Å². The molecule has 0 aliphatic heterocycles. The van der Waals surface area contributed by atoms with Crippen molar-refractivity contribution < 1.29 is 4.79 Å². The molecule has 7 heteroatoms. The standard InChI is InChI=1S/C20H28N4OS2/c1-3-24(4-2)18(25)17(15-11-7-5-8-12-15)26-20-23-22-19(27-20)21-16-13-9-6-10-14-16/h5,7-8,11-12,16-17H,3-4,6,9-10,13-14H2,1-2H3,(H,21,22)/t17-/m1/s1. The lowest BCUT2D eigenvalue weighted by molar-refractivity contribution is -0.130. The largest absolute Gasteiger partial charge is 0.357 e. The van der Waals surface area contributed by atoms with Crippen molar-refractivity contribution in [3.05, 3.63) is 35.9 Å². The molecule has 0 saturated heterocycles. The van der Waals surface area contributed by atoms with Gasteiger partial charge in [0, 0.05) is 19.1 Å². The van der Waals surface area contributed by atoms with Gasteiger partial charge in [0.15, 0.2) is 4.34 Å². The lowest BCUT2D eigenvalue weighted by atomic mass is 9.96. The Bertz CT molecular complexity index is 712. The highest BCUT2D eigenvalue weighted by Gasteiger charge is 2.27. The van der Waals surface area contributed by atoms with Gasteiger partial charge in [-0.15, -0.1) is 10.2 Å². The molecule has 1 saturated carbocycles. The number of anilines is 1. The van der Waals surface area contributed by atoms with Gasteiger partial charge in [0.25, 0.3) is 0 Å². The van der Waals surface area contributed by atoms with Crippen LogP contribution in [0, 0.1) is 0 Å². The van der Waals surface area contributed by atoms with Crippen molar-refractivity contribution in [2.45, 2.75) is 61.6 Å². The average molecular weight is 405 g/mol. The molecular formula is C20H28N4OS2. The van der Waals surface area contributed by atoms with Gasteiger partial charge in [-0.3, -0.25) is 4.79 Å². The predicted octanol–water partition coefficient (Wildman–Crippen LogP) is 4.98. The van der Waals surface area contributed by atoms with Crippen molar-refractivity contribution in [2.75, 3.05) is 18.4 Å². The first-order valence-corrected chi connectivity index (χ1v) is 11.5. The Morgan fingerprint density at radius 3 is 2.56 bits per heavy atom. The molecule has 0 bridgehead atoms. The van der Waals surface area contributed by atoms with Gasteiger partial charge in [-0.25, -0.2) is 0 Å². The van der Waals surface area contributed by atoms with Crippen molar-refractivity contribution in [1.29, 1.82) is 0 Å². The summed E-state index contributed by atoms with van der Waals surface area (Å²) in [5, 5.41) is 12.8. The fourth-order valence-electron chi connectivity index (χ4n) is 3.43. The van der Waals surface area contributed by atoms with E-state index in [1.165, 1.54) is 43.9 Å². The summed E-state index contributed by atoms with van der Waals surface area (Å²) in [6.45, 7) is 5.46. The highest BCUT2D eigenvalue weighted by Crippen LogP contribution is 2.39. The van der Waals surface area contributed by atoms with E-state index in [1.807, 2.05) is 49.1 Å². The number of nitrogens with one attached hydrogen (secondary N) is 1. The second kappa shape index (κ2) is 10.1. The lowest BCUT2D eigenvalue weighted by Crippen LogP contribution is -2.33. The van der Waals surface area contributed by atoms with E-state index in [9.17, 15) is 4.79 Å². The van der Waals surface area contributed by atoms with Crippen molar-refractivity contribution in [2.24, 2.45) is 0 Å². The van der Waals surface area contributed by atoms with E-state index < -0.39 is 0 Å². The van der Waals surface area contributed by atoms with Crippen LogP contribution in [-0.4, -0.2) is 40.1 Å². The predicted molar refractivity (Wildman–Crippen MR) is 113 cm³/mol. The second-order valence-corrected chi connectivity index (χ2v) is 9.10. The third-order valence-electron chi connectivity index (χ3n) is 4.96. The zero-order chi connectivity index (χ0) is 19.1. The molecule has 1 aliphatic carbocycles. The van der Waals surface area contributed by atoms with Crippen LogP contribution in [0.3, 0.4) is 0 Å². The molecule has 0 spiro atoms. The zero-order valence-corrected chi connectivity index (χ0v) is 17.7. The normalized spacial score (nSPS) is 16.1. The van der Waals surface area contributed by atoms with Crippen LogP contribution in [-0.2, 0) is 4.79 Å². The molecule has 2 aromatic rings. The van der Waals surface area contributed by atoms with Gasteiger partial charge in [0.1, 0.15) is 5.25 Å². The molecule has 1 atom stereocenters. The van der Waals surface area contributed by atoms with Crippen LogP contribution in [0.2, 0.25) is 0 Å². The molecule has 0 unspecified atom stereocenters. The third kappa shape index (κ3) is 5.45. The van der Waals surface area contributed by atoms with Gasteiger partial charge >= 0.3 is 0 Å². The maximum absolute atomic E-state index is 13.1. The quantitative estimate of drug-likeness (QED) is 0.629. The van der Waals surface area contributed by atoms with Crippen LogP contribution in [0.4, 0.5) is 5.13 Å². The number of hydrogen-bond donors (Lipinski definition) is 1. The molecule has 146 valence electrons. The van der Waals surface area contributed by atoms with Crippen molar-refractivity contribution in [3.8, 4) is 0 Å². The number of rotatable bonds is 8. The van der Waals surface area contributed by atoms with Crippen LogP contribution in [0.15, 0.2) is 34.7 Å². The van der Waals surface area contributed by atoms with Gasteiger partial charge < -0.3 is 10.2 Å². The number of carbonyl (C=O) groups excluding carboxylic acids is 1. The monoisotopic (exact) mass is 404 g/mol. The van der Waals surface area contributed by atoms with Gasteiger partial charge in [0.05, 0.1) is 0 Å². The van der Waals surface area contributed by atoms with E-state index in [0.717, 1.165) is 15.0 Å². The first-order valence-electron chi connectivity index (χ1n) is 9.81. The molecule has 3 rings (SSSR count). The van der Waals surface area contributed by atoms with Gasteiger partial charge in [-0.05, 0) is 32.3 Å². The smallest absolute Gasteiger partial charge is 0.240 e. The number of aromatic nitrogens is 2. The fourth-order valence-corrected chi connectivity index (χ4v) is 5.53. The zero-order valence-electron chi connectivity index (χ0n) is 16.1. The summed E-state index contributed by atoms with van der Waals surface area (Å²) >= 11 is 3.06. The second-order valence-electron chi connectivity index (χ2n) is 6.77. The molecule has 1 aromatic carbocycles. The molecule has 1 N–H and O–H groups in total. The summed E-state index contributed by atoms with van der Waals surface area (Å²) in [7, 11) is 0. The fraction of sp³-hybridized carbons (Fsp3) is 0.550. The number of hydrogen-bond acceptors (Lipinski definition) is 6. The van der Waals surface area contributed by atoms with Crippen LogP contribution < -0.4 is 5.32 Å². The van der Waals surface area contributed by atoms with E-state index in [0.29, 0.717) is 19.1 Å². The topological polar surface area (TPSA) is 58.1 Å². The highest BCUT2D eigenvalue weighted by molar-refractivity contribution is 8.01. The number of thioether (sulfide) groups is 1. The highest BCUT2D eigenvalue weighted by atomic mass is 32.2. The number of carbonyl (C=O) groups is 1. The summed E-state index contributed by atoms with van der Waals surface area (Å²) in [5.74, 6) is 0.133. The summed E-state index contributed by atoms with van der Waals surface area (Å²) in [6, 6.07) is 10.5. The third-order valence-corrected chi connectivity index (χ3v) is 7.14. The van der Waals surface area contributed by atoms with Crippen molar-refractivity contribution in [3.63, 3.8) is 0 Å². The SMILES string of the molecule is CCN(CC)C(=O)[C@H](Sc1nnc(NC2CCCCC2)s1)c1ccccc1. The number of amides is 1. The molecule has 0 radical (unpaired) electrons. The Kier molecular flexibility index (Phi) is 7.52. The molecule has 1 aliphatic rings. The van der Waals surface area contributed by atoms with E-state index in [2.05, 4.69) is 15.5 Å². The maximum Gasteiger partial charge on any atom is 0.240 e. The minimum absolute atomic E-state index is 0.133. The van der Waals surface area contributed by atoms with Gasteiger partial charge in [0.2, 0.25) is 11.0 Å². The molecule has 1 fully saturated rings. The molecular weight excluding hydrogens is 376 g/mol. The van der Waals surface area contributed by atoms with Crippen LogP contribution in [0.25, 0.3) is 0 Å². The van der Waals surface area contributed by atoms with Crippen molar-refractivity contribution >= 4 is 34.1 Å². The lowest BCUT2D eigenvalue weighted by Gasteiger charge is -2.24. The summed E-state index contributed by atoms with van der Waals surface area (Å²) in [5.41, 5.74) is 1.01. The molecule has 27 heavy (non-hydrogen) atoms. The van der Waals surface area contributed by atoms with E-state index >= 15 is 0 Å². The Labute approximate surface area is 170 Å². The molecule has 1 amide bonds. The summed E-state index contributed by atoms with van der Waals surface area (Å²) in [6.07, 6.45) is 6.31. The Morgan fingerprint density at radius 2 is 1.89 bits per heavy atom. The Hall–Kier alpha value is -1.60. The summed E-state index contributed by atoms with van der Waals surface area (Å²) in [4.78, 5) is 15.0. The van der Waals surface area contributed by atoms with Crippen LogP contribution >= 0.6 is 23.1 Å². The summed E-state index contributed by atoms with van der Waals surface area (Å²) < 4.78 is 0.836. The Balaban J connectivity index is 1.73. The van der Waals surface area contributed by atoms with Crippen LogP contribution in [0.1, 0.15) is 56.8 Å².